The van der Waals surface area contributed by atoms with E-state index in [2.05, 4.69) is 41.6 Å². The third-order valence-corrected chi connectivity index (χ3v) is 2.50. The zero-order valence-corrected chi connectivity index (χ0v) is 8.62. The summed E-state index contributed by atoms with van der Waals surface area (Å²) in [5, 5.41) is 0. The molecule has 2 N–H and O–H groups in total. The van der Waals surface area contributed by atoms with Gasteiger partial charge in [-0.25, -0.2) is 4.98 Å². The number of fused-ring (bicyclic) bond motifs is 1. The molecule has 0 spiro atoms. The van der Waals surface area contributed by atoms with Crippen LogP contribution in [0.4, 0.5) is 0 Å². The van der Waals surface area contributed by atoms with Crippen molar-refractivity contribution in [1.82, 2.24) is 9.38 Å². The predicted molar refractivity (Wildman–Crippen MR) is 57.4 cm³/mol. The van der Waals surface area contributed by atoms with E-state index in [1.807, 2.05) is 0 Å². The molecule has 0 bridgehead atoms. The zero-order valence-electron chi connectivity index (χ0n) is 8.62. The summed E-state index contributed by atoms with van der Waals surface area (Å²) in [6.45, 7) is 4.82. The van der Waals surface area contributed by atoms with Crippen LogP contribution in [-0.2, 0) is 6.42 Å². The van der Waals surface area contributed by atoms with Crippen LogP contribution in [0.1, 0.15) is 17.0 Å². The normalized spacial score (nSPS) is 11.1. The van der Waals surface area contributed by atoms with Crippen molar-refractivity contribution >= 4 is 5.65 Å². The van der Waals surface area contributed by atoms with E-state index in [0.717, 1.165) is 17.8 Å². The molecule has 74 valence electrons. The molecule has 0 amide bonds. The van der Waals surface area contributed by atoms with Gasteiger partial charge >= 0.3 is 0 Å². The maximum absolute atomic E-state index is 5.53. The molecule has 2 heterocycles. The lowest BCUT2D eigenvalue weighted by atomic mass is 10.2. The SMILES string of the molecule is Cc1ccn2c(C)c(CCN)nc2c1. The minimum Gasteiger partial charge on any atom is -0.330 e. The Balaban J connectivity index is 2.61. The number of imidazole rings is 1. The molecule has 0 saturated heterocycles. The summed E-state index contributed by atoms with van der Waals surface area (Å²) < 4.78 is 2.11. The number of hydrogen-bond donors (Lipinski definition) is 1. The Bertz CT molecular complexity index is 457. The van der Waals surface area contributed by atoms with Gasteiger partial charge in [-0.3, -0.25) is 0 Å². The van der Waals surface area contributed by atoms with Crippen molar-refractivity contribution in [2.45, 2.75) is 20.3 Å². The maximum atomic E-state index is 5.53. The first-order valence-electron chi connectivity index (χ1n) is 4.86. The van der Waals surface area contributed by atoms with Gasteiger partial charge in [0.25, 0.3) is 0 Å². The van der Waals surface area contributed by atoms with Crippen LogP contribution in [0.3, 0.4) is 0 Å². The molecule has 3 nitrogen and oxygen atoms in total. The third kappa shape index (κ3) is 1.40. The van der Waals surface area contributed by atoms with E-state index in [1.54, 1.807) is 0 Å². The maximum Gasteiger partial charge on any atom is 0.137 e. The van der Waals surface area contributed by atoms with Crippen molar-refractivity contribution in [2.24, 2.45) is 5.73 Å². The Labute approximate surface area is 83.6 Å². The minimum absolute atomic E-state index is 0.656. The molecule has 0 radical (unpaired) electrons. The standard InChI is InChI=1S/C11H15N3/c1-8-4-6-14-9(2)10(3-5-12)13-11(14)7-8/h4,6-7H,3,5,12H2,1-2H3. The molecule has 0 aliphatic heterocycles. The average Bonchev–Trinajstić information content (AvgIpc) is 2.44. The minimum atomic E-state index is 0.656. The van der Waals surface area contributed by atoms with Crippen LogP contribution in [0, 0.1) is 13.8 Å². The molecule has 0 saturated carbocycles. The molecule has 0 aliphatic carbocycles. The lowest BCUT2D eigenvalue weighted by molar-refractivity contribution is 0.920. The molecule has 0 aliphatic rings. The second kappa shape index (κ2) is 3.42. The van der Waals surface area contributed by atoms with Crippen LogP contribution in [0.2, 0.25) is 0 Å². The highest BCUT2D eigenvalue weighted by Crippen LogP contribution is 2.13. The number of nitrogens with zero attached hydrogens (tertiary/aromatic N) is 2. The van der Waals surface area contributed by atoms with E-state index in [9.17, 15) is 0 Å². The molecule has 3 heteroatoms. The largest absolute Gasteiger partial charge is 0.330 e. The smallest absolute Gasteiger partial charge is 0.137 e. The zero-order chi connectivity index (χ0) is 10.1. The van der Waals surface area contributed by atoms with E-state index in [1.165, 1.54) is 11.3 Å². The number of hydrogen-bond acceptors (Lipinski definition) is 2. The fourth-order valence-electron chi connectivity index (χ4n) is 1.69. The van der Waals surface area contributed by atoms with Crippen molar-refractivity contribution in [2.75, 3.05) is 6.54 Å². The van der Waals surface area contributed by atoms with E-state index in [-0.39, 0.29) is 0 Å². The van der Waals surface area contributed by atoms with E-state index in [0.29, 0.717) is 6.54 Å². The number of pyridine rings is 1. The van der Waals surface area contributed by atoms with E-state index in [4.69, 9.17) is 5.73 Å². The lowest BCUT2D eigenvalue weighted by Crippen LogP contribution is -2.04. The number of aryl methyl sites for hydroxylation is 2. The van der Waals surface area contributed by atoms with Crippen LogP contribution in [-0.4, -0.2) is 15.9 Å². The van der Waals surface area contributed by atoms with Crippen LogP contribution in [0.15, 0.2) is 18.3 Å². The highest BCUT2D eigenvalue weighted by molar-refractivity contribution is 5.45. The molecule has 0 unspecified atom stereocenters. The van der Waals surface area contributed by atoms with Crippen molar-refractivity contribution in [3.63, 3.8) is 0 Å². The molecule has 0 atom stereocenters. The summed E-state index contributed by atoms with van der Waals surface area (Å²) in [5.41, 5.74) is 10.1. The summed E-state index contributed by atoms with van der Waals surface area (Å²) in [6, 6.07) is 4.18. The number of aromatic nitrogens is 2. The van der Waals surface area contributed by atoms with Gasteiger partial charge in [0.2, 0.25) is 0 Å². The van der Waals surface area contributed by atoms with Gasteiger partial charge in [-0.1, -0.05) is 0 Å². The molecule has 14 heavy (non-hydrogen) atoms. The summed E-state index contributed by atoms with van der Waals surface area (Å²) in [6.07, 6.45) is 2.92. The molecule has 2 aromatic rings. The predicted octanol–water partition coefficient (Wildman–Crippen LogP) is 1.45. The topological polar surface area (TPSA) is 43.3 Å². The Morgan fingerprint density at radius 3 is 2.93 bits per heavy atom. The Morgan fingerprint density at radius 2 is 2.21 bits per heavy atom. The molecular formula is C11H15N3. The van der Waals surface area contributed by atoms with E-state index < -0.39 is 0 Å². The van der Waals surface area contributed by atoms with Crippen molar-refractivity contribution in [3.8, 4) is 0 Å². The Morgan fingerprint density at radius 1 is 1.43 bits per heavy atom. The number of rotatable bonds is 2. The third-order valence-electron chi connectivity index (χ3n) is 2.50. The van der Waals surface area contributed by atoms with Gasteiger partial charge in [0, 0.05) is 18.3 Å². The highest BCUT2D eigenvalue weighted by Gasteiger charge is 2.06. The first-order valence-corrected chi connectivity index (χ1v) is 4.86. The molecule has 0 aromatic carbocycles. The molecule has 0 fully saturated rings. The fourth-order valence-corrected chi connectivity index (χ4v) is 1.69. The van der Waals surface area contributed by atoms with Gasteiger partial charge in [-0.15, -0.1) is 0 Å². The lowest BCUT2D eigenvalue weighted by Gasteiger charge is -1.97. The van der Waals surface area contributed by atoms with Crippen LogP contribution in [0.25, 0.3) is 5.65 Å². The average molecular weight is 189 g/mol. The Kier molecular flexibility index (Phi) is 2.25. The van der Waals surface area contributed by atoms with Gasteiger partial charge in [0.05, 0.1) is 5.69 Å². The van der Waals surface area contributed by atoms with Crippen LogP contribution in [0.5, 0.6) is 0 Å². The molecular weight excluding hydrogens is 174 g/mol. The monoisotopic (exact) mass is 189 g/mol. The number of nitrogens with two attached hydrogens (primary N) is 1. The summed E-state index contributed by atoms with van der Waals surface area (Å²) in [7, 11) is 0. The summed E-state index contributed by atoms with van der Waals surface area (Å²) in [5.74, 6) is 0. The quantitative estimate of drug-likeness (QED) is 0.777. The van der Waals surface area contributed by atoms with Gasteiger partial charge in [0.15, 0.2) is 0 Å². The van der Waals surface area contributed by atoms with Gasteiger partial charge in [-0.2, -0.15) is 0 Å². The first kappa shape index (κ1) is 9.21. The second-order valence-electron chi connectivity index (χ2n) is 3.61. The van der Waals surface area contributed by atoms with Gasteiger partial charge in [0.1, 0.15) is 5.65 Å². The fraction of sp³-hybridized carbons (Fsp3) is 0.364. The van der Waals surface area contributed by atoms with Crippen LogP contribution < -0.4 is 5.73 Å². The van der Waals surface area contributed by atoms with Crippen molar-refractivity contribution in [1.29, 1.82) is 0 Å². The second-order valence-corrected chi connectivity index (χ2v) is 3.61. The van der Waals surface area contributed by atoms with E-state index >= 15 is 0 Å². The first-order chi connectivity index (χ1) is 6.72. The Hall–Kier alpha value is -1.35. The summed E-state index contributed by atoms with van der Waals surface area (Å²) in [4.78, 5) is 4.55. The van der Waals surface area contributed by atoms with Gasteiger partial charge < -0.3 is 10.1 Å². The van der Waals surface area contributed by atoms with Crippen LogP contribution >= 0.6 is 0 Å². The van der Waals surface area contributed by atoms with Gasteiger partial charge in [-0.05, 0) is 38.1 Å². The molecule has 2 rings (SSSR count). The highest BCUT2D eigenvalue weighted by atomic mass is 15.0. The van der Waals surface area contributed by atoms with Crippen molar-refractivity contribution in [3.05, 3.63) is 35.3 Å². The molecule has 2 aromatic heterocycles. The van der Waals surface area contributed by atoms with Crippen molar-refractivity contribution < 1.29 is 0 Å². The summed E-state index contributed by atoms with van der Waals surface area (Å²) >= 11 is 0.